The van der Waals surface area contributed by atoms with Crippen LogP contribution in [0.2, 0.25) is 0 Å². The van der Waals surface area contributed by atoms with Crippen molar-refractivity contribution in [1.82, 2.24) is 73.7 Å². The number of nitrogens with one attached hydrogen (secondary N) is 13. The lowest BCUT2D eigenvalue weighted by Crippen LogP contribution is -2.61. The summed E-state index contributed by atoms with van der Waals surface area (Å²) in [6.07, 6.45) is 5.10. The fraction of sp³-hybridized carbons (Fsp3) is 0.582. The summed E-state index contributed by atoms with van der Waals surface area (Å²) in [7, 11) is 5.26. The molecule has 5 fully saturated rings. The first-order valence-electron chi connectivity index (χ1n) is 34.6. The third-order valence-corrected chi connectivity index (χ3v) is 23.3. The second kappa shape index (κ2) is 39.5. The summed E-state index contributed by atoms with van der Waals surface area (Å²) in [5.74, 6) is -13.0. The van der Waals surface area contributed by atoms with Crippen molar-refractivity contribution in [3.63, 3.8) is 0 Å². The number of hydrogen-bond donors (Lipinski definition) is 16. The van der Waals surface area contributed by atoms with Crippen LogP contribution in [0.1, 0.15) is 102 Å². The SMILES string of the molecule is COc1ccc(C[C@@H]2NC(=O)CNC(=O)[C@@H]3CSSC[C@H](NC(=O)[C@H](CC4CCCCC4)NC(=O)[C@H](CCCCN)NC2=O)C(=O)N[C@@H](Cc2c[nH]c4ccccc24)C(=O)N2C[C@H](O)C[C@H]2C(=O)N[C@H](C(N)=O)CSSC[C@H](NC(=O)[C@@H](NC(=O)CNC(=O)[C@@H]2CCC(=O)N2)C(C)C)C(=O)N3)cc1. The van der Waals surface area contributed by atoms with Crippen LogP contribution in [0.3, 0.4) is 0 Å². The van der Waals surface area contributed by atoms with Crippen molar-refractivity contribution in [2.24, 2.45) is 23.3 Å². The molecule has 5 aliphatic rings. The maximum absolute atomic E-state index is 15.4. The molecule has 14 amide bonds. The number of aliphatic hydroxyl groups is 1. The van der Waals surface area contributed by atoms with Crippen molar-refractivity contribution in [2.45, 2.75) is 176 Å². The average molecular weight is 1510 g/mol. The molecule has 32 nitrogen and oxygen atoms in total. The highest BCUT2D eigenvalue weighted by molar-refractivity contribution is 8.77. The minimum Gasteiger partial charge on any atom is -0.497 e. The van der Waals surface area contributed by atoms with Crippen LogP contribution in [0.5, 0.6) is 5.75 Å². The molecule has 1 aromatic heterocycles. The molecule has 0 radical (unpaired) electrons. The number of rotatable bonds is 19. The molecule has 8 rings (SSSR count). The molecule has 1 aliphatic carbocycles. The molecule has 2 bridgehead atoms. The zero-order valence-corrected chi connectivity index (χ0v) is 60.9. The van der Waals surface area contributed by atoms with E-state index in [9.17, 15) is 57.8 Å². The quantitative estimate of drug-likeness (QED) is 0.0448. The van der Waals surface area contributed by atoms with E-state index in [1.807, 2.05) is 6.07 Å². The van der Waals surface area contributed by atoms with Crippen LogP contribution >= 0.6 is 43.2 Å². The smallest absolute Gasteiger partial charge is 0.246 e. The first kappa shape index (κ1) is 80.4. The highest BCUT2D eigenvalue weighted by Crippen LogP contribution is 2.30. The maximum atomic E-state index is 15.4. The molecule has 36 heteroatoms. The first-order chi connectivity index (χ1) is 49.4. The molecule has 3 aromatic rings. The van der Waals surface area contributed by atoms with Gasteiger partial charge >= 0.3 is 0 Å². The van der Waals surface area contributed by atoms with Crippen molar-refractivity contribution in [3.05, 3.63) is 65.9 Å². The Morgan fingerprint density at radius 3 is 2.02 bits per heavy atom. The Hall–Kier alpha value is -8.32. The van der Waals surface area contributed by atoms with Crippen LogP contribution in [0, 0.1) is 11.8 Å². The van der Waals surface area contributed by atoms with Gasteiger partial charge in [-0.15, -0.1) is 0 Å². The third kappa shape index (κ3) is 23.9. The number of benzene rings is 2. The molecule has 4 saturated heterocycles. The predicted octanol–water partition coefficient (Wildman–Crippen LogP) is -2.17. The highest BCUT2D eigenvalue weighted by atomic mass is 33.1. The summed E-state index contributed by atoms with van der Waals surface area (Å²) in [5, 5.41) is 44.1. The number of hydrogen-bond acceptors (Lipinski definition) is 21. The Bertz CT molecular complexity index is 3550. The number of carbonyl (C=O) groups is 14. The van der Waals surface area contributed by atoms with Crippen molar-refractivity contribution in [2.75, 3.05) is 56.3 Å². The van der Waals surface area contributed by atoms with E-state index < -0.39 is 168 Å². The van der Waals surface area contributed by atoms with Crippen molar-refractivity contribution < 1.29 is 77.0 Å². The number of nitrogens with zero attached hydrogens (tertiary/aromatic N) is 1. The van der Waals surface area contributed by atoms with Crippen LogP contribution in [0.15, 0.2) is 54.7 Å². The normalized spacial score (nSPS) is 26.3. The van der Waals surface area contributed by atoms with Crippen molar-refractivity contribution in [3.8, 4) is 5.75 Å². The molecule has 103 heavy (non-hydrogen) atoms. The molecular weight excluding hydrogens is 1410 g/mol. The number of methoxy groups -OCH3 is 1. The first-order valence-corrected chi connectivity index (χ1v) is 39.6. The number of fused-ring (bicyclic) bond motifs is 7. The Balaban J connectivity index is 1.18. The molecule has 0 spiro atoms. The zero-order valence-electron chi connectivity index (χ0n) is 57.6. The zero-order chi connectivity index (χ0) is 74.3. The molecule has 2 aromatic carbocycles. The van der Waals surface area contributed by atoms with Crippen molar-refractivity contribution >= 4 is 137 Å². The fourth-order valence-electron chi connectivity index (χ4n) is 12.7. The Labute approximate surface area is 611 Å². The standard InChI is InChI=1S/C67H94N16O16S4/c1-35(2)56(82-55(87)29-71-58(89)44-20-21-53(85)73-44)66(97)81-51-34-102-100-31-48(57(69)88)78-65(96)52-26-39(84)30-83(52)67(98)47(25-38-27-70-42-14-8-7-13-41(38)42)77-63(94)50-33-103-101-32-49(79-64(51)95)59(90)72-28-54(86)74-45(24-37-16-18-40(99-3)19-17-37)61(92)75-43(15-9-10-22-68)60(91)76-46(62(93)80-50)23-36-11-5-4-6-12-36/h7-8,13-14,16-19,27,35-36,39,43-52,56,70,84H,4-6,9-12,15,20-26,28-34,68H2,1-3H3,(H2,69,88)(H,71,89)(H,72,90)(H,73,85)(H,74,86)(H,75,92)(H,76,91)(H,77,94)(H,78,96)(H,79,95)(H,80,93)(H,81,97)(H,82,87)/t39-,43+,44+,45+,46+,47+,48+,49+,50+,51+,52+,56+/m1/s1. The minimum absolute atomic E-state index is 0.0356. The van der Waals surface area contributed by atoms with E-state index in [0.29, 0.717) is 53.5 Å². The van der Waals surface area contributed by atoms with Gasteiger partial charge in [-0.05, 0) is 79.8 Å². The van der Waals surface area contributed by atoms with Gasteiger partial charge in [0.2, 0.25) is 82.7 Å². The van der Waals surface area contributed by atoms with Gasteiger partial charge in [0, 0.05) is 72.3 Å². The molecule has 1 saturated carbocycles. The van der Waals surface area contributed by atoms with Gasteiger partial charge in [-0.25, -0.2) is 0 Å². The Morgan fingerprint density at radius 1 is 0.670 bits per heavy atom. The number of amides is 14. The van der Waals surface area contributed by atoms with E-state index in [1.54, 1.807) is 62.5 Å². The Kier molecular flexibility index (Phi) is 30.8. The van der Waals surface area contributed by atoms with Crippen LogP contribution in [-0.2, 0) is 80.0 Å². The van der Waals surface area contributed by atoms with Crippen LogP contribution in [0.25, 0.3) is 10.9 Å². The number of ether oxygens (including phenoxy) is 1. The second-order valence-corrected chi connectivity index (χ2v) is 31.6. The molecule has 18 N–H and O–H groups in total. The maximum Gasteiger partial charge on any atom is 0.246 e. The third-order valence-electron chi connectivity index (χ3n) is 18.4. The van der Waals surface area contributed by atoms with Gasteiger partial charge in [0.05, 0.1) is 26.3 Å². The summed E-state index contributed by atoms with van der Waals surface area (Å²) in [6, 6.07) is -1.54. The van der Waals surface area contributed by atoms with E-state index in [0.717, 1.165) is 67.3 Å². The van der Waals surface area contributed by atoms with Gasteiger partial charge < -0.3 is 95.0 Å². The van der Waals surface area contributed by atoms with Gasteiger partial charge in [0.15, 0.2) is 0 Å². The topological polar surface area (TPSA) is 484 Å². The number of H-pyrrole nitrogens is 1. The number of aromatic amines is 1. The molecule has 562 valence electrons. The molecule has 0 unspecified atom stereocenters. The lowest BCUT2D eigenvalue weighted by molar-refractivity contribution is -0.142. The van der Waals surface area contributed by atoms with Gasteiger partial charge in [-0.2, -0.15) is 0 Å². The minimum atomic E-state index is -1.59. The van der Waals surface area contributed by atoms with Crippen molar-refractivity contribution in [1.29, 1.82) is 0 Å². The monoisotopic (exact) mass is 1510 g/mol. The van der Waals surface area contributed by atoms with E-state index in [1.165, 1.54) is 7.11 Å². The lowest BCUT2D eigenvalue weighted by atomic mass is 9.84. The molecule has 5 heterocycles. The number of primary amides is 1. The van der Waals surface area contributed by atoms with E-state index in [2.05, 4.69) is 68.8 Å². The summed E-state index contributed by atoms with van der Waals surface area (Å²) in [5.41, 5.74) is 13.6. The number of carbonyl (C=O) groups excluding carboxylic acids is 14. The highest BCUT2D eigenvalue weighted by Gasteiger charge is 2.44. The number of aromatic nitrogens is 1. The van der Waals surface area contributed by atoms with E-state index in [-0.39, 0.29) is 92.9 Å². The summed E-state index contributed by atoms with van der Waals surface area (Å²) < 4.78 is 5.35. The summed E-state index contributed by atoms with van der Waals surface area (Å²) in [6.45, 7) is 1.69. The fourth-order valence-corrected chi connectivity index (χ4v) is 17.3. The number of para-hydroxylation sites is 1. The largest absolute Gasteiger partial charge is 0.497 e. The van der Waals surface area contributed by atoms with Crippen LogP contribution in [0.4, 0.5) is 0 Å². The van der Waals surface area contributed by atoms with Gasteiger partial charge in [0.25, 0.3) is 0 Å². The summed E-state index contributed by atoms with van der Waals surface area (Å²) in [4.78, 5) is 204. The van der Waals surface area contributed by atoms with Crippen LogP contribution < -0.4 is 80.0 Å². The Morgan fingerprint density at radius 2 is 1.33 bits per heavy atom. The average Bonchev–Trinajstić information content (AvgIpc) is 1.67. The predicted molar refractivity (Wildman–Crippen MR) is 387 cm³/mol. The van der Waals surface area contributed by atoms with Crippen LogP contribution in [-0.4, -0.2) is 227 Å². The molecular formula is C67H94N16O16S4. The second-order valence-electron chi connectivity index (χ2n) is 26.5. The molecule has 12 atom stereocenters. The van der Waals surface area contributed by atoms with Gasteiger partial charge in [0.1, 0.15) is 72.2 Å². The molecule has 4 aliphatic heterocycles. The van der Waals surface area contributed by atoms with E-state index in [4.69, 9.17) is 16.2 Å². The van der Waals surface area contributed by atoms with Gasteiger partial charge in [-0.1, -0.05) is 119 Å². The number of unbranched alkanes of at least 4 members (excludes halogenated alkanes) is 1. The van der Waals surface area contributed by atoms with Gasteiger partial charge in [-0.3, -0.25) is 67.1 Å². The number of nitrogens with two attached hydrogens (primary N) is 2. The lowest BCUT2D eigenvalue weighted by Gasteiger charge is -2.31. The number of aliphatic hydroxyl groups excluding tert-OH is 1. The summed E-state index contributed by atoms with van der Waals surface area (Å²) >= 11 is 0. The van der Waals surface area contributed by atoms with E-state index >= 15 is 14.4 Å².